The first kappa shape index (κ1) is 18.3. The maximum absolute atomic E-state index is 12.5. The van der Waals surface area contributed by atoms with Crippen molar-refractivity contribution in [3.05, 3.63) is 74.8 Å². The lowest BCUT2D eigenvalue weighted by atomic mass is 10.1. The Labute approximate surface area is 173 Å². The van der Waals surface area contributed by atoms with Crippen LogP contribution < -0.4 is 5.63 Å². The minimum atomic E-state index is -0.417. The van der Waals surface area contributed by atoms with Crippen molar-refractivity contribution < 1.29 is 9.52 Å². The van der Waals surface area contributed by atoms with Crippen LogP contribution in [0.1, 0.15) is 0 Å². The molecule has 4 aromatic rings. The van der Waals surface area contributed by atoms with E-state index in [2.05, 4.69) is 27.6 Å². The third-order valence-corrected chi connectivity index (χ3v) is 5.67. The second-order valence-corrected chi connectivity index (χ2v) is 8.12. The maximum Gasteiger partial charge on any atom is 0.345 e. The van der Waals surface area contributed by atoms with Crippen LogP contribution in [-0.4, -0.2) is 27.0 Å². The van der Waals surface area contributed by atoms with Crippen molar-refractivity contribution >= 4 is 45.3 Å². The van der Waals surface area contributed by atoms with Crippen LogP contribution in [0.3, 0.4) is 0 Å². The number of para-hydroxylation sites is 1. The molecule has 4 rings (SSSR count). The Morgan fingerprint density at radius 1 is 1.15 bits per heavy atom. The average molecular weight is 490 g/mol. The number of thioether (sulfide) groups is 1. The molecule has 7 heteroatoms. The number of aromatic nitrogens is 2. The summed E-state index contributed by atoms with van der Waals surface area (Å²) in [7, 11) is 0. The molecule has 0 spiro atoms. The zero-order valence-electron chi connectivity index (χ0n) is 14.1. The van der Waals surface area contributed by atoms with Crippen molar-refractivity contribution in [1.29, 1.82) is 0 Å². The summed E-state index contributed by atoms with van der Waals surface area (Å²) in [5.74, 6) is 0.521. The van der Waals surface area contributed by atoms with E-state index in [-0.39, 0.29) is 6.61 Å². The lowest BCUT2D eigenvalue weighted by molar-refractivity contribution is 0.322. The summed E-state index contributed by atoms with van der Waals surface area (Å²) < 4.78 is 8.51. The van der Waals surface area contributed by atoms with Gasteiger partial charge in [0.15, 0.2) is 5.16 Å². The molecule has 136 valence electrons. The van der Waals surface area contributed by atoms with Crippen LogP contribution in [0.15, 0.2) is 75.2 Å². The van der Waals surface area contributed by atoms with E-state index in [1.807, 2.05) is 59.3 Å². The molecule has 1 N–H and O–H groups in total. The predicted octanol–water partition coefficient (Wildman–Crippen LogP) is 4.33. The molecule has 0 aliphatic rings. The first-order valence-corrected chi connectivity index (χ1v) is 10.3. The van der Waals surface area contributed by atoms with Gasteiger partial charge in [0.05, 0.1) is 17.9 Å². The van der Waals surface area contributed by atoms with Crippen LogP contribution in [0, 0.1) is 3.57 Å². The van der Waals surface area contributed by atoms with E-state index in [4.69, 9.17) is 4.42 Å². The second kappa shape index (κ2) is 7.87. The highest BCUT2D eigenvalue weighted by atomic mass is 127. The molecule has 0 atom stereocenters. The number of rotatable bonds is 5. The number of aliphatic hydroxyl groups is 1. The van der Waals surface area contributed by atoms with Gasteiger partial charge in [-0.15, -0.1) is 0 Å². The summed E-state index contributed by atoms with van der Waals surface area (Å²) in [4.78, 5) is 17.1. The molecular formula is C20H15IN2O3S. The summed E-state index contributed by atoms with van der Waals surface area (Å²) in [5.41, 5.74) is 2.05. The van der Waals surface area contributed by atoms with E-state index in [1.165, 1.54) is 11.8 Å². The minimum Gasteiger partial charge on any atom is -0.422 e. The van der Waals surface area contributed by atoms with Crippen LogP contribution in [0.4, 0.5) is 0 Å². The molecule has 0 bridgehead atoms. The monoisotopic (exact) mass is 490 g/mol. The number of hydrogen-bond acceptors (Lipinski definition) is 5. The van der Waals surface area contributed by atoms with E-state index in [0.717, 1.165) is 14.6 Å². The summed E-state index contributed by atoms with van der Waals surface area (Å²) in [6, 6.07) is 17.2. The number of imidazole rings is 1. The van der Waals surface area contributed by atoms with Gasteiger partial charge >= 0.3 is 5.63 Å². The maximum atomic E-state index is 12.5. The molecule has 2 heterocycles. The lowest BCUT2D eigenvalue weighted by Gasteiger charge is -2.06. The van der Waals surface area contributed by atoms with Gasteiger partial charge in [-0.1, -0.05) is 30.0 Å². The molecule has 2 aromatic carbocycles. The fourth-order valence-electron chi connectivity index (χ4n) is 2.76. The highest BCUT2D eigenvalue weighted by Gasteiger charge is 2.16. The number of benzene rings is 2. The summed E-state index contributed by atoms with van der Waals surface area (Å²) in [6.45, 7) is 0.0532. The zero-order valence-corrected chi connectivity index (χ0v) is 17.1. The molecule has 27 heavy (non-hydrogen) atoms. The van der Waals surface area contributed by atoms with E-state index in [9.17, 15) is 9.90 Å². The molecule has 2 aromatic heterocycles. The van der Waals surface area contributed by atoms with Gasteiger partial charge < -0.3 is 9.52 Å². The van der Waals surface area contributed by atoms with Gasteiger partial charge in [0.1, 0.15) is 5.58 Å². The first-order chi connectivity index (χ1) is 13.2. The molecule has 0 aliphatic heterocycles. The van der Waals surface area contributed by atoms with Gasteiger partial charge in [-0.3, -0.25) is 4.57 Å². The largest absolute Gasteiger partial charge is 0.422 e. The molecule has 0 aliphatic carbocycles. The molecule has 0 saturated heterocycles. The fraction of sp³-hybridized carbons (Fsp3) is 0.100. The van der Waals surface area contributed by atoms with Crippen LogP contribution in [0.5, 0.6) is 0 Å². The quantitative estimate of drug-likeness (QED) is 0.256. The standard InChI is InChI=1S/C20H15IN2O3S/c21-14-5-7-15(8-6-14)23-12-17(22-20(23)27-10-9-24)16-11-13-3-1-2-4-18(13)26-19(16)25/h1-8,11-12,24H,9-10H2. The van der Waals surface area contributed by atoms with Gasteiger partial charge in [-0.05, 0) is 59.0 Å². The molecule has 0 fully saturated rings. The number of nitrogens with zero attached hydrogens (tertiary/aromatic N) is 2. The fourth-order valence-corrected chi connectivity index (χ4v) is 3.85. The number of aliphatic hydroxyl groups excluding tert-OH is 1. The van der Waals surface area contributed by atoms with Crippen LogP contribution in [0.2, 0.25) is 0 Å². The second-order valence-electron chi connectivity index (χ2n) is 5.81. The molecular weight excluding hydrogens is 475 g/mol. The molecule has 0 unspecified atom stereocenters. The van der Waals surface area contributed by atoms with Crippen molar-refractivity contribution in [3.63, 3.8) is 0 Å². The lowest BCUT2D eigenvalue weighted by Crippen LogP contribution is -2.02. The number of fused-ring (bicyclic) bond motifs is 1. The van der Waals surface area contributed by atoms with Crippen molar-refractivity contribution in [2.75, 3.05) is 12.4 Å². The Kier molecular flexibility index (Phi) is 5.33. The molecule has 0 radical (unpaired) electrons. The summed E-state index contributed by atoms with van der Waals surface area (Å²) >= 11 is 3.70. The van der Waals surface area contributed by atoms with Crippen LogP contribution in [-0.2, 0) is 0 Å². The van der Waals surface area contributed by atoms with Crippen molar-refractivity contribution in [3.8, 4) is 16.9 Å². The third-order valence-electron chi connectivity index (χ3n) is 4.02. The molecule has 0 saturated carbocycles. The normalized spacial score (nSPS) is 11.2. The van der Waals surface area contributed by atoms with Gasteiger partial charge in [-0.2, -0.15) is 0 Å². The summed E-state index contributed by atoms with van der Waals surface area (Å²) in [5, 5.41) is 10.8. The average Bonchev–Trinajstić information content (AvgIpc) is 3.10. The van der Waals surface area contributed by atoms with E-state index in [0.29, 0.717) is 27.7 Å². The summed E-state index contributed by atoms with van der Waals surface area (Å²) in [6.07, 6.45) is 1.84. The van der Waals surface area contributed by atoms with Crippen molar-refractivity contribution in [2.24, 2.45) is 0 Å². The number of halogens is 1. The van der Waals surface area contributed by atoms with Crippen molar-refractivity contribution in [1.82, 2.24) is 9.55 Å². The Bertz CT molecular complexity index is 1150. The van der Waals surface area contributed by atoms with Crippen LogP contribution >= 0.6 is 34.4 Å². The topological polar surface area (TPSA) is 68.3 Å². The molecule has 0 amide bonds. The highest BCUT2D eigenvalue weighted by Crippen LogP contribution is 2.27. The van der Waals surface area contributed by atoms with Crippen molar-refractivity contribution in [2.45, 2.75) is 5.16 Å². The van der Waals surface area contributed by atoms with Gasteiger partial charge in [0.2, 0.25) is 0 Å². The van der Waals surface area contributed by atoms with Gasteiger partial charge in [0, 0.05) is 26.6 Å². The Balaban J connectivity index is 1.85. The smallest absolute Gasteiger partial charge is 0.345 e. The van der Waals surface area contributed by atoms with E-state index < -0.39 is 5.63 Å². The Morgan fingerprint density at radius 2 is 1.93 bits per heavy atom. The predicted molar refractivity (Wildman–Crippen MR) is 116 cm³/mol. The van der Waals surface area contributed by atoms with Crippen LogP contribution in [0.25, 0.3) is 27.9 Å². The van der Waals surface area contributed by atoms with Gasteiger partial charge in [0.25, 0.3) is 0 Å². The number of hydrogen-bond donors (Lipinski definition) is 1. The first-order valence-electron chi connectivity index (χ1n) is 8.28. The minimum absolute atomic E-state index is 0.0532. The van der Waals surface area contributed by atoms with Gasteiger partial charge in [-0.25, -0.2) is 9.78 Å². The third kappa shape index (κ3) is 3.80. The zero-order chi connectivity index (χ0) is 18.8. The highest BCUT2D eigenvalue weighted by molar-refractivity contribution is 14.1. The SMILES string of the molecule is O=c1oc2ccccc2cc1-c1cn(-c2ccc(I)cc2)c(SCCO)n1. The molecule has 5 nitrogen and oxygen atoms in total. The Hall–Kier alpha value is -2.10. The van der Waals surface area contributed by atoms with E-state index >= 15 is 0 Å². The Morgan fingerprint density at radius 3 is 2.70 bits per heavy atom. The van der Waals surface area contributed by atoms with E-state index in [1.54, 1.807) is 6.07 Å².